The van der Waals surface area contributed by atoms with Crippen LogP contribution < -0.4 is 10.5 Å². The summed E-state index contributed by atoms with van der Waals surface area (Å²) in [5.74, 6) is 0.0735. The highest BCUT2D eigenvalue weighted by atomic mass is 32.2. The summed E-state index contributed by atoms with van der Waals surface area (Å²) in [7, 11) is -3.23. The van der Waals surface area contributed by atoms with Crippen LogP contribution in [0.1, 0.15) is 18.4 Å². The molecule has 0 saturated carbocycles. The van der Waals surface area contributed by atoms with E-state index in [9.17, 15) is 8.42 Å². The molecule has 0 amide bonds. The van der Waals surface area contributed by atoms with Crippen molar-refractivity contribution in [3.8, 4) is 0 Å². The molecular formula is C11H17N3O2S2. The number of thiocarbonyl (C=S) groups is 1. The van der Waals surface area contributed by atoms with Gasteiger partial charge in [0.05, 0.1) is 10.7 Å². The minimum absolute atomic E-state index is 0.0735. The van der Waals surface area contributed by atoms with Gasteiger partial charge >= 0.3 is 0 Å². The standard InChI is InChI=1S/C11H17N3O2S2/c12-11(17)2-1-6-14-18(15,16)9-5-10-3-7-13-8-4-10/h3-4,7-8,14H,1-2,5-6,9H2,(H2,12,17). The lowest BCUT2D eigenvalue weighted by atomic mass is 10.2. The van der Waals surface area contributed by atoms with Crippen molar-refractivity contribution >= 4 is 27.2 Å². The van der Waals surface area contributed by atoms with Gasteiger partial charge in [0.1, 0.15) is 0 Å². The number of nitrogens with two attached hydrogens (primary N) is 1. The van der Waals surface area contributed by atoms with Crippen LogP contribution in [-0.4, -0.2) is 30.7 Å². The summed E-state index contributed by atoms with van der Waals surface area (Å²) in [6, 6.07) is 3.62. The maximum absolute atomic E-state index is 11.7. The molecule has 0 radical (unpaired) electrons. The first-order valence-corrected chi connectivity index (χ1v) is 7.70. The largest absolute Gasteiger partial charge is 0.393 e. The van der Waals surface area contributed by atoms with Crippen molar-refractivity contribution in [1.82, 2.24) is 9.71 Å². The fraction of sp³-hybridized carbons (Fsp3) is 0.455. The lowest BCUT2D eigenvalue weighted by Gasteiger charge is -2.06. The van der Waals surface area contributed by atoms with E-state index in [-0.39, 0.29) is 5.75 Å². The van der Waals surface area contributed by atoms with Crippen LogP contribution in [0.15, 0.2) is 24.5 Å². The van der Waals surface area contributed by atoms with E-state index in [1.807, 2.05) is 12.1 Å². The first-order chi connectivity index (χ1) is 8.49. The third-order valence-electron chi connectivity index (χ3n) is 2.33. The predicted octanol–water partition coefficient (Wildman–Crippen LogP) is 0.610. The fourth-order valence-corrected chi connectivity index (χ4v) is 2.61. The Hall–Kier alpha value is -1.05. The van der Waals surface area contributed by atoms with E-state index in [0.717, 1.165) is 5.56 Å². The molecule has 1 aromatic heterocycles. The first kappa shape index (κ1) is 15.0. The van der Waals surface area contributed by atoms with Gasteiger partial charge in [-0.3, -0.25) is 4.98 Å². The molecule has 0 fully saturated rings. The normalized spacial score (nSPS) is 11.3. The smallest absolute Gasteiger partial charge is 0.211 e. The molecule has 1 rings (SSSR count). The Morgan fingerprint density at radius 2 is 2.06 bits per heavy atom. The van der Waals surface area contributed by atoms with Gasteiger partial charge in [-0.2, -0.15) is 0 Å². The molecule has 1 aromatic rings. The van der Waals surface area contributed by atoms with E-state index in [2.05, 4.69) is 9.71 Å². The second-order valence-electron chi connectivity index (χ2n) is 3.89. The summed E-state index contributed by atoms with van der Waals surface area (Å²) < 4.78 is 25.8. The van der Waals surface area contributed by atoms with Crippen molar-refractivity contribution < 1.29 is 8.42 Å². The topological polar surface area (TPSA) is 85.1 Å². The predicted molar refractivity (Wildman–Crippen MR) is 75.7 cm³/mol. The van der Waals surface area contributed by atoms with Crippen LogP contribution in [0.25, 0.3) is 0 Å². The van der Waals surface area contributed by atoms with Gasteiger partial charge in [-0.1, -0.05) is 12.2 Å². The Morgan fingerprint density at radius 1 is 1.39 bits per heavy atom. The first-order valence-electron chi connectivity index (χ1n) is 5.64. The van der Waals surface area contributed by atoms with Crippen molar-refractivity contribution in [3.05, 3.63) is 30.1 Å². The maximum atomic E-state index is 11.7. The van der Waals surface area contributed by atoms with Crippen molar-refractivity contribution in [3.63, 3.8) is 0 Å². The molecule has 1 heterocycles. The van der Waals surface area contributed by atoms with Crippen LogP contribution in [0.2, 0.25) is 0 Å². The minimum atomic E-state index is -3.23. The Labute approximate surface area is 113 Å². The van der Waals surface area contributed by atoms with E-state index in [0.29, 0.717) is 30.8 Å². The van der Waals surface area contributed by atoms with Crippen molar-refractivity contribution in [2.75, 3.05) is 12.3 Å². The molecule has 7 heteroatoms. The second-order valence-corrected chi connectivity index (χ2v) is 6.34. The third-order valence-corrected chi connectivity index (χ3v) is 3.92. The molecule has 0 aliphatic rings. The summed E-state index contributed by atoms with van der Waals surface area (Å²) in [5.41, 5.74) is 6.28. The van der Waals surface area contributed by atoms with Gasteiger partial charge in [0.25, 0.3) is 0 Å². The zero-order chi connectivity index (χ0) is 13.4. The lowest BCUT2D eigenvalue weighted by molar-refractivity contribution is 0.579. The Kier molecular flexibility index (Phi) is 6.17. The molecule has 5 nitrogen and oxygen atoms in total. The number of aromatic nitrogens is 1. The van der Waals surface area contributed by atoms with Gasteiger partial charge < -0.3 is 5.73 Å². The fourth-order valence-electron chi connectivity index (χ4n) is 1.36. The van der Waals surface area contributed by atoms with Crippen LogP contribution in [-0.2, 0) is 16.4 Å². The number of pyridine rings is 1. The van der Waals surface area contributed by atoms with E-state index >= 15 is 0 Å². The highest BCUT2D eigenvalue weighted by molar-refractivity contribution is 7.89. The van der Waals surface area contributed by atoms with Crippen LogP contribution >= 0.6 is 12.2 Å². The number of hydrogen-bond donors (Lipinski definition) is 2. The molecule has 100 valence electrons. The second kappa shape index (κ2) is 7.40. The quantitative estimate of drug-likeness (QED) is 0.540. The molecule has 0 saturated heterocycles. The molecule has 3 N–H and O–H groups in total. The Bertz CT molecular complexity index is 474. The van der Waals surface area contributed by atoms with Crippen LogP contribution in [0, 0.1) is 0 Å². The van der Waals surface area contributed by atoms with Crippen LogP contribution in [0.3, 0.4) is 0 Å². The summed E-state index contributed by atoms with van der Waals surface area (Å²) in [5, 5.41) is 0. The summed E-state index contributed by atoms with van der Waals surface area (Å²) in [6.45, 7) is 0.371. The van der Waals surface area contributed by atoms with Crippen molar-refractivity contribution in [2.45, 2.75) is 19.3 Å². The molecule has 0 bridgehead atoms. The zero-order valence-electron chi connectivity index (χ0n) is 10.0. The van der Waals surface area contributed by atoms with E-state index < -0.39 is 10.0 Å². The van der Waals surface area contributed by atoms with Gasteiger partial charge in [-0.25, -0.2) is 13.1 Å². The maximum Gasteiger partial charge on any atom is 0.211 e. The third kappa shape index (κ3) is 6.63. The average molecular weight is 287 g/mol. The zero-order valence-corrected chi connectivity index (χ0v) is 11.6. The van der Waals surface area contributed by atoms with E-state index in [1.54, 1.807) is 12.4 Å². The SMILES string of the molecule is NC(=S)CCCNS(=O)(=O)CCc1ccncc1. The highest BCUT2D eigenvalue weighted by Crippen LogP contribution is 2.00. The van der Waals surface area contributed by atoms with E-state index in [4.69, 9.17) is 18.0 Å². The number of nitrogens with one attached hydrogen (secondary N) is 1. The molecule has 0 aromatic carbocycles. The van der Waals surface area contributed by atoms with E-state index in [1.165, 1.54) is 0 Å². The molecular weight excluding hydrogens is 270 g/mol. The molecule has 0 atom stereocenters. The molecule has 0 aliphatic heterocycles. The molecule has 0 spiro atoms. The number of aryl methyl sites for hydroxylation is 1. The summed E-state index contributed by atoms with van der Waals surface area (Å²) in [4.78, 5) is 4.29. The molecule has 0 aliphatic carbocycles. The number of sulfonamides is 1. The number of rotatable bonds is 8. The van der Waals surface area contributed by atoms with Crippen molar-refractivity contribution in [1.29, 1.82) is 0 Å². The van der Waals surface area contributed by atoms with Crippen LogP contribution in [0.4, 0.5) is 0 Å². The number of nitrogens with zero attached hydrogens (tertiary/aromatic N) is 1. The highest BCUT2D eigenvalue weighted by Gasteiger charge is 2.09. The monoisotopic (exact) mass is 287 g/mol. The van der Waals surface area contributed by atoms with Gasteiger partial charge in [-0.15, -0.1) is 0 Å². The average Bonchev–Trinajstić information content (AvgIpc) is 2.34. The Balaban J connectivity index is 2.30. The molecule has 0 unspecified atom stereocenters. The van der Waals surface area contributed by atoms with Crippen LogP contribution in [0.5, 0.6) is 0 Å². The van der Waals surface area contributed by atoms with Gasteiger partial charge in [0.2, 0.25) is 10.0 Å². The van der Waals surface area contributed by atoms with Crippen molar-refractivity contribution in [2.24, 2.45) is 5.73 Å². The van der Waals surface area contributed by atoms with Gasteiger partial charge in [-0.05, 0) is 37.0 Å². The summed E-state index contributed by atoms with van der Waals surface area (Å²) >= 11 is 4.71. The number of hydrogen-bond acceptors (Lipinski definition) is 4. The van der Waals surface area contributed by atoms with Gasteiger partial charge in [0.15, 0.2) is 0 Å². The minimum Gasteiger partial charge on any atom is -0.393 e. The van der Waals surface area contributed by atoms with Gasteiger partial charge in [0, 0.05) is 18.9 Å². The lowest BCUT2D eigenvalue weighted by Crippen LogP contribution is -2.28. The molecule has 18 heavy (non-hydrogen) atoms. The Morgan fingerprint density at radius 3 is 2.67 bits per heavy atom. The summed E-state index contributed by atoms with van der Waals surface area (Å²) in [6.07, 6.45) is 4.97.